The molecule has 0 bridgehead atoms. The molecular weight excluding hydrogens is 320 g/mol. The molecule has 3 aromatic rings. The van der Waals surface area contributed by atoms with Crippen LogP contribution in [0.1, 0.15) is 31.5 Å². The first-order chi connectivity index (χ1) is 12.3. The molecule has 126 valence electrons. The van der Waals surface area contributed by atoms with E-state index in [1.807, 2.05) is 30.3 Å². The highest BCUT2D eigenvalue weighted by molar-refractivity contribution is 5.74. The molecule has 0 aliphatic carbocycles. The molecule has 0 atom stereocenters. The smallest absolute Gasteiger partial charge is 0.247 e. The molecule has 0 amide bonds. The van der Waals surface area contributed by atoms with Gasteiger partial charge in [0.2, 0.25) is 17.6 Å². The highest BCUT2D eigenvalue weighted by Gasteiger charge is 2.08. The van der Waals surface area contributed by atoms with Gasteiger partial charge in [0.25, 0.3) is 0 Å². The number of H-pyrrole nitrogens is 1. The van der Waals surface area contributed by atoms with E-state index in [0.29, 0.717) is 11.8 Å². The van der Waals surface area contributed by atoms with Crippen molar-refractivity contribution in [1.82, 2.24) is 30.8 Å². The summed E-state index contributed by atoms with van der Waals surface area (Å²) in [4.78, 5) is 0. The topological polar surface area (TPSA) is 129 Å². The fourth-order valence-corrected chi connectivity index (χ4v) is 2.09. The highest BCUT2D eigenvalue weighted by atomic mass is 16.4. The van der Waals surface area contributed by atoms with E-state index in [1.54, 1.807) is 0 Å². The summed E-state index contributed by atoms with van der Waals surface area (Å²) in [5.41, 5.74) is 1.91. The molecule has 2 heterocycles. The number of aromatic nitrogens is 6. The second-order valence-corrected chi connectivity index (χ2v) is 5.23. The number of hydrogen-bond donors (Lipinski definition) is 2. The lowest BCUT2D eigenvalue weighted by Crippen LogP contribution is -1.93. The second-order valence-electron chi connectivity index (χ2n) is 5.23. The van der Waals surface area contributed by atoms with Gasteiger partial charge in [-0.05, 0) is 35.9 Å². The number of hydrogen-bond acceptors (Lipinski definition) is 8. The Balaban J connectivity index is 1.68. The Hall–Kier alpha value is -3.54. The van der Waals surface area contributed by atoms with E-state index < -0.39 is 0 Å². The first-order valence-electron chi connectivity index (χ1n) is 7.83. The van der Waals surface area contributed by atoms with Crippen molar-refractivity contribution < 1.29 is 4.42 Å². The minimum Gasteiger partial charge on any atom is -0.421 e. The van der Waals surface area contributed by atoms with Gasteiger partial charge in [-0.2, -0.15) is 10.5 Å². The molecule has 9 nitrogen and oxygen atoms in total. The molecule has 0 aliphatic rings. The number of tetrazole rings is 1. The number of unbranched alkanes of at least 4 members (excludes halogenated alkanes) is 1. The summed E-state index contributed by atoms with van der Waals surface area (Å²) in [6.45, 7) is 2.12. The summed E-state index contributed by atoms with van der Waals surface area (Å²) in [5, 5.41) is 33.6. The lowest BCUT2D eigenvalue weighted by molar-refractivity contribution is 0.496. The van der Waals surface area contributed by atoms with Crippen molar-refractivity contribution in [2.45, 2.75) is 26.2 Å². The molecule has 0 spiro atoms. The maximum absolute atomic E-state index is 9.12. The molecule has 1 aromatic carbocycles. The van der Waals surface area contributed by atoms with Gasteiger partial charge in [-0.15, -0.1) is 20.4 Å². The van der Waals surface area contributed by atoms with Gasteiger partial charge in [0.1, 0.15) is 11.6 Å². The Labute approximate surface area is 143 Å². The van der Waals surface area contributed by atoms with Crippen LogP contribution in [0.15, 0.2) is 34.9 Å². The fraction of sp³-hybridized carbons (Fsp3) is 0.250. The van der Waals surface area contributed by atoms with Crippen LogP contribution in [0.4, 0.5) is 5.69 Å². The number of aryl methyl sites for hydroxylation is 1. The summed E-state index contributed by atoms with van der Waals surface area (Å²) in [5.74, 6) is 1.38. The summed E-state index contributed by atoms with van der Waals surface area (Å²) in [7, 11) is 0. The SMILES string of the molecule is CCCCc1nnc(-c2ccc(NC=C(C#N)c3nn[nH]n3)cc2)o1. The van der Waals surface area contributed by atoms with Crippen molar-refractivity contribution in [3.63, 3.8) is 0 Å². The number of nitrogens with one attached hydrogen (secondary N) is 2. The van der Waals surface area contributed by atoms with E-state index in [2.05, 4.69) is 43.1 Å². The maximum atomic E-state index is 9.12. The third-order valence-corrected chi connectivity index (χ3v) is 3.43. The largest absolute Gasteiger partial charge is 0.421 e. The third kappa shape index (κ3) is 4.06. The molecular formula is C16H16N8O. The number of nitriles is 1. The zero-order valence-corrected chi connectivity index (χ0v) is 13.6. The van der Waals surface area contributed by atoms with Crippen molar-refractivity contribution in [2.75, 3.05) is 5.32 Å². The Bertz CT molecular complexity index is 874. The Kier molecular flexibility index (Phi) is 5.11. The van der Waals surface area contributed by atoms with Gasteiger partial charge in [0, 0.05) is 23.9 Å². The van der Waals surface area contributed by atoms with Gasteiger partial charge in [0.05, 0.1) is 0 Å². The zero-order valence-electron chi connectivity index (χ0n) is 13.6. The predicted molar refractivity (Wildman–Crippen MR) is 89.7 cm³/mol. The minimum absolute atomic E-state index is 0.233. The van der Waals surface area contributed by atoms with Crippen LogP contribution in [0, 0.1) is 11.3 Å². The molecule has 25 heavy (non-hydrogen) atoms. The predicted octanol–water partition coefficient (Wildman–Crippen LogP) is 2.57. The van der Waals surface area contributed by atoms with E-state index in [0.717, 1.165) is 30.5 Å². The Morgan fingerprint density at radius 2 is 2.12 bits per heavy atom. The van der Waals surface area contributed by atoms with Gasteiger partial charge >= 0.3 is 0 Å². The van der Waals surface area contributed by atoms with E-state index in [-0.39, 0.29) is 11.4 Å². The number of anilines is 1. The summed E-state index contributed by atoms with van der Waals surface area (Å²) in [6, 6.07) is 9.46. The van der Waals surface area contributed by atoms with Gasteiger partial charge in [-0.25, -0.2) is 0 Å². The number of rotatable bonds is 7. The van der Waals surface area contributed by atoms with E-state index in [9.17, 15) is 0 Å². The van der Waals surface area contributed by atoms with E-state index in [1.165, 1.54) is 6.20 Å². The van der Waals surface area contributed by atoms with Crippen LogP contribution in [0.25, 0.3) is 17.0 Å². The lowest BCUT2D eigenvalue weighted by atomic mass is 10.2. The van der Waals surface area contributed by atoms with Gasteiger partial charge in [0.15, 0.2) is 0 Å². The number of allylic oxidation sites excluding steroid dienone is 1. The highest BCUT2D eigenvalue weighted by Crippen LogP contribution is 2.21. The monoisotopic (exact) mass is 336 g/mol. The Morgan fingerprint density at radius 3 is 2.80 bits per heavy atom. The number of benzene rings is 1. The summed E-state index contributed by atoms with van der Waals surface area (Å²) < 4.78 is 5.65. The standard InChI is InChI=1S/C16H16N8O/c1-2-3-4-14-19-22-16(25-14)11-5-7-13(8-6-11)18-10-12(9-17)15-20-23-24-21-15/h5-8,10,18H,2-4H2,1H3,(H,20,21,23,24). The Morgan fingerprint density at radius 1 is 1.28 bits per heavy atom. The molecule has 2 N–H and O–H groups in total. The molecule has 0 saturated heterocycles. The van der Waals surface area contributed by atoms with Crippen molar-refractivity contribution in [3.8, 4) is 17.5 Å². The first-order valence-corrected chi connectivity index (χ1v) is 7.83. The molecule has 9 heteroatoms. The van der Waals surface area contributed by atoms with Crippen LogP contribution >= 0.6 is 0 Å². The average molecular weight is 336 g/mol. The number of aromatic amines is 1. The van der Waals surface area contributed by atoms with Crippen molar-refractivity contribution in [1.29, 1.82) is 5.26 Å². The third-order valence-electron chi connectivity index (χ3n) is 3.43. The van der Waals surface area contributed by atoms with Crippen LogP contribution in [0.2, 0.25) is 0 Å². The molecule has 0 fully saturated rings. The van der Waals surface area contributed by atoms with Crippen molar-refractivity contribution in [2.24, 2.45) is 0 Å². The van der Waals surface area contributed by atoms with E-state index >= 15 is 0 Å². The normalized spacial score (nSPS) is 11.3. The number of nitrogens with zero attached hydrogens (tertiary/aromatic N) is 6. The fourth-order valence-electron chi connectivity index (χ4n) is 2.09. The molecule has 0 saturated carbocycles. The molecule has 2 aromatic heterocycles. The van der Waals surface area contributed by atoms with Crippen LogP contribution in [0.3, 0.4) is 0 Å². The van der Waals surface area contributed by atoms with Crippen LogP contribution in [0.5, 0.6) is 0 Å². The average Bonchev–Trinajstić information content (AvgIpc) is 3.33. The van der Waals surface area contributed by atoms with Crippen molar-refractivity contribution >= 4 is 11.3 Å². The van der Waals surface area contributed by atoms with Gasteiger partial charge in [-0.3, -0.25) is 0 Å². The molecule has 0 radical (unpaired) electrons. The van der Waals surface area contributed by atoms with Crippen LogP contribution in [-0.2, 0) is 6.42 Å². The summed E-state index contributed by atoms with van der Waals surface area (Å²) in [6.07, 6.45) is 4.43. The first kappa shape index (κ1) is 16.3. The van der Waals surface area contributed by atoms with Gasteiger partial charge in [-0.1, -0.05) is 13.3 Å². The second kappa shape index (κ2) is 7.83. The zero-order chi connectivity index (χ0) is 17.5. The molecule has 3 rings (SSSR count). The molecule has 0 unspecified atom stereocenters. The van der Waals surface area contributed by atoms with Crippen LogP contribution < -0.4 is 5.32 Å². The van der Waals surface area contributed by atoms with Crippen molar-refractivity contribution in [3.05, 3.63) is 42.2 Å². The lowest BCUT2D eigenvalue weighted by Gasteiger charge is -2.02. The van der Waals surface area contributed by atoms with E-state index in [4.69, 9.17) is 9.68 Å². The quantitative estimate of drug-likeness (QED) is 0.630. The van der Waals surface area contributed by atoms with Crippen LogP contribution in [-0.4, -0.2) is 30.8 Å². The molecule has 0 aliphatic heterocycles. The van der Waals surface area contributed by atoms with Gasteiger partial charge < -0.3 is 9.73 Å². The maximum Gasteiger partial charge on any atom is 0.247 e. The summed E-state index contributed by atoms with van der Waals surface area (Å²) >= 11 is 0. The minimum atomic E-state index is 0.233.